The highest BCUT2D eigenvalue weighted by Crippen LogP contribution is 2.24. The summed E-state index contributed by atoms with van der Waals surface area (Å²) in [5.74, 6) is 0.857. The number of nitrogens with one attached hydrogen (secondary N) is 1. The van der Waals surface area contributed by atoms with E-state index in [2.05, 4.69) is 22.3 Å². The SMILES string of the molecule is Cc1cc(C(=O)N2CCC(C)CC2)ccc1NCc1cn(C)nc1-c1ccncc1. The van der Waals surface area contributed by atoms with E-state index < -0.39 is 0 Å². The first-order chi connectivity index (χ1) is 14.5. The van der Waals surface area contributed by atoms with Crippen molar-refractivity contribution in [3.05, 3.63) is 65.6 Å². The molecule has 0 radical (unpaired) electrons. The maximum atomic E-state index is 12.8. The van der Waals surface area contributed by atoms with E-state index in [9.17, 15) is 4.79 Å². The Morgan fingerprint density at radius 1 is 1.17 bits per heavy atom. The number of pyridine rings is 1. The van der Waals surface area contributed by atoms with E-state index in [0.29, 0.717) is 12.5 Å². The molecule has 1 aliphatic rings. The summed E-state index contributed by atoms with van der Waals surface area (Å²) < 4.78 is 1.83. The third kappa shape index (κ3) is 4.37. The first-order valence-corrected chi connectivity index (χ1v) is 10.6. The van der Waals surface area contributed by atoms with Crippen molar-refractivity contribution >= 4 is 11.6 Å². The number of rotatable bonds is 5. The maximum Gasteiger partial charge on any atom is 0.253 e. The first-order valence-electron chi connectivity index (χ1n) is 10.6. The van der Waals surface area contributed by atoms with Gasteiger partial charge in [0.2, 0.25) is 0 Å². The van der Waals surface area contributed by atoms with Crippen molar-refractivity contribution < 1.29 is 4.79 Å². The second kappa shape index (κ2) is 8.69. The van der Waals surface area contributed by atoms with Crippen LogP contribution < -0.4 is 5.32 Å². The minimum Gasteiger partial charge on any atom is -0.381 e. The monoisotopic (exact) mass is 403 g/mol. The molecule has 1 aromatic carbocycles. The maximum absolute atomic E-state index is 12.8. The molecule has 0 bridgehead atoms. The third-order valence-electron chi connectivity index (χ3n) is 5.87. The number of nitrogens with zero attached hydrogens (tertiary/aromatic N) is 4. The van der Waals surface area contributed by atoms with Crippen molar-refractivity contribution in [3.63, 3.8) is 0 Å². The summed E-state index contributed by atoms with van der Waals surface area (Å²) in [6.07, 6.45) is 7.78. The van der Waals surface area contributed by atoms with Crippen LogP contribution in [0.4, 0.5) is 5.69 Å². The molecule has 0 saturated carbocycles. The Hall–Kier alpha value is -3.15. The van der Waals surface area contributed by atoms with Gasteiger partial charge in [0.25, 0.3) is 5.91 Å². The summed E-state index contributed by atoms with van der Waals surface area (Å²) in [6.45, 7) is 6.68. The Balaban J connectivity index is 1.46. The molecule has 30 heavy (non-hydrogen) atoms. The molecular formula is C24H29N5O. The third-order valence-corrected chi connectivity index (χ3v) is 5.87. The standard InChI is InChI=1S/C24H29N5O/c1-17-8-12-29(13-9-17)24(30)20-4-5-22(18(2)14-20)26-15-21-16-28(3)27-23(21)19-6-10-25-11-7-19/h4-7,10-11,14,16-17,26H,8-9,12-13,15H2,1-3H3. The Labute approximate surface area is 177 Å². The number of hydrogen-bond acceptors (Lipinski definition) is 4. The van der Waals surface area contributed by atoms with Gasteiger partial charge in [0.15, 0.2) is 0 Å². The van der Waals surface area contributed by atoms with Gasteiger partial charge in [-0.3, -0.25) is 14.5 Å². The molecule has 2 aromatic heterocycles. The molecule has 6 heteroatoms. The van der Waals surface area contributed by atoms with Crippen molar-refractivity contribution in [2.24, 2.45) is 13.0 Å². The molecule has 0 unspecified atom stereocenters. The fraction of sp³-hybridized carbons (Fsp3) is 0.375. The molecule has 3 heterocycles. The molecule has 1 amide bonds. The van der Waals surface area contributed by atoms with Gasteiger partial charge in [0, 0.05) is 67.7 Å². The van der Waals surface area contributed by atoms with E-state index in [1.54, 1.807) is 12.4 Å². The lowest BCUT2D eigenvalue weighted by atomic mass is 9.98. The molecule has 1 aliphatic heterocycles. The van der Waals surface area contributed by atoms with Gasteiger partial charge < -0.3 is 10.2 Å². The first kappa shape index (κ1) is 20.1. The van der Waals surface area contributed by atoms with E-state index in [1.165, 1.54) is 0 Å². The van der Waals surface area contributed by atoms with E-state index in [-0.39, 0.29) is 5.91 Å². The molecule has 1 fully saturated rings. The minimum atomic E-state index is 0.142. The van der Waals surface area contributed by atoms with Crippen LogP contribution in [-0.2, 0) is 13.6 Å². The number of likely N-dealkylation sites (tertiary alicyclic amines) is 1. The Morgan fingerprint density at radius 2 is 1.90 bits per heavy atom. The second-order valence-electron chi connectivity index (χ2n) is 8.27. The van der Waals surface area contributed by atoms with Crippen LogP contribution in [0.5, 0.6) is 0 Å². The van der Waals surface area contributed by atoms with Gasteiger partial charge in [-0.05, 0) is 61.6 Å². The van der Waals surface area contributed by atoms with Crippen LogP contribution in [0, 0.1) is 12.8 Å². The summed E-state index contributed by atoms with van der Waals surface area (Å²) in [5.41, 5.74) is 5.99. The van der Waals surface area contributed by atoms with Gasteiger partial charge in [0.1, 0.15) is 0 Å². The van der Waals surface area contributed by atoms with Crippen molar-refractivity contribution in [3.8, 4) is 11.3 Å². The number of anilines is 1. The lowest BCUT2D eigenvalue weighted by Gasteiger charge is -2.30. The van der Waals surface area contributed by atoms with Crippen LogP contribution >= 0.6 is 0 Å². The zero-order valence-electron chi connectivity index (χ0n) is 17.9. The van der Waals surface area contributed by atoms with Crippen LogP contribution in [0.1, 0.15) is 41.3 Å². The van der Waals surface area contributed by atoms with E-state index in [0.717, 1.165) is 59.6 Å². The Morgan fingerprint density at radius 3 is 2.60 bits per heavy atom. The van der Waals surface area contributed by atoms with Crippen LogP contribution in [0.25, 0.3) is 11.3 Å². The molecule has 0 atom stereocenters. The highest BCUT2D eigenvalue weighted by molar-refractivity contribution is 5.95. The zero-order valence-corrected chi connectivity index (χ0v) is 17.9. The number of hydrogen-bond donors (Lipinski definition) is 1. The fourth-order valence-corrected chi connectivity index (χ4v) is 4.00. The zero-order chi connectivity index (χ0) is 21.1. The molecule has 1 saturated heterocycles. The lowest BCUT2D eigenvalue weighted by Crippen LogP contribution is -2.37. The number of carbonyl (C=O) groups is 1. The highest BCUT2D eigenvalue weighted by Gasteiger charge is 2.21. The van der Waals surface area contributed by atoms with Crippen molar-refractivity contribution in [1.29, 1.82) is 0 Å². The number of benzene rings is 1. The summed E-state index contributed by atoms with van der Waals surface area (Å²) in [5, 5.41) is 8.12. The minimum absolute atomic E-state index is 0.142. The number of carbonyl (C=O) groups excluding carboxylic acids is 1. The summed E-state index contributed by atoms with van der Waals surface area (Å²) in [6, 6.07) is 9.88. The summed E-state index contributed by atoms with van der Waals surface area (Å²) >= 11 is 0. The van der Waals surface area contributed by atoms with Gasteiger partial charge in [-0.1, -0.05) is 6.92 Å². The van der Waals surface area contributed by atoms with Crippen molar-refractivity contribution in [2.75, 3.05) is 18.4 Å². The van der Waals surface area contributed by atoms with E-state index >= 15 is 0 Å². The van der Waals surface area contributed by atoms with Gasteiger partial charge in [-0.15, -0.1) is 0 Å². The number of aromatic nitrogens is 3. The van der Waals surface area contributed by atoms with Gasteiger partial charge in [0.05, 0.1) is 5.69 Å². The largest absolute Gasteiger partial charge is 0.381 e. The van der Waals surface area contributed by atoms with Crippen molar-refractivity contribution in [1.82, 2.24) is 19.7 Å². The number of aryl methyl sites for hydroxylation is 2. The number of piperidine rings is 1. The Bertz CT molecular complexity index is 1020. The molecule has 0 spiro atoms. The van der Waals surface area contributed by atoms with Crippen LogP contribution in [-0.4, -0.2) is 38.7 Å². The van der Waals surface area contributed by atoms with Gasteiger partial charge >= 0.3 is 0 Å². The van der Waals surface area contributed by atoms with Crippen LogP contribution in [0.15, 0.2) is 48.9 Å². The average molecular weight is 404 g/mol. The Kier molecular flexibility index (Phi) is 5.84. The summed E-state index contributed by atoms with van der Waals surface area (Å²) in [4.78, 5) is 18.9. The molecule has 1 N–H and O–H groups in total. The van der Waals surface area contributed by atoms with Gasteiger partial charge in [-0.25, -0.2) is 0 Å². The summed E-state index contributed by atoms with van der Waals surface area (Å²) in [7, 11) is 1.93. The quantitative estimate of drug-likeness (QED) is 0.691. The molecule has 0 aliphatic carbocycles. The lowest BCUT2D eigenvalue weighted by molar-refractivity contribution is 0.0697. The predicted octanol–water partition coefficient (Wildman–Crippen LogP) is 4.27. The molecular weight excluding hydrogens is 374 g/mol. The predicted molar refractivity (Wildman–Crippen MR) is 119 cm³/mol. The number of amides is 1. The van der Waals surface area contributed by atoms with Crippen molar-refractivity contribution in [2.45, 2.75) is 33.2 Å². The smallest absolute Gasteiger partial charge is 0.253 e. The van der Waals surface area contributed by atoms with Crippen LogP contribution in [0.2, 0.25) is 0 Å². The normalized spacial score (nSPS) is 14.7. The van der Waals surface area contributed by atoms with Gasteiger partial charge in [-0.2, -0.15) is 5.10 Å². The van der Waals surface area contributed by atoms with E-state index in [1.807, 2.05) is 60.1 Å². The van der Waals surface area contributed by atoms with Crippen LogP contribution in [0.3, 0.4) is 0 Å². The topological polar surface area (TPSA) is 63.1 Å². The highest BCUT2D eigenvalue weighted by atomic mass is 16.2. The molecule has 156 valence electrons. The average Bonchev–Trinajstić information content (AvgIpc) is 3.14. The fourth-order valence-electron chi connectivity index (χ4n) is 4.00. The second-order valence-corrected chi connectivity index (χ2v) is 8.27. The van der Waals surface area contributed by atoms with E-state index in [4.69, 9.17) is 0 Å². The molecule has 3 aromatic rings. The molecule has 6 nitrogen and oxygen atoms in total. The molecule has 4 rings (SSSR count).